The molecule has 1 heterocycles. The minimum atomic E-state index is -3.08. The molecule has 1 aromatic rings. The number of carbonyl (C=O) groups is 2. The number of methoxy groups -OCH3 is 2. The Labute approximate surface area is 140 Å². The van der Waals surface area contributed by atoms with Gasteiger partial charge in [-0.2, -0.15) is 0 Å². The predicted octanol–water partition coefficient (Wildman–Crippen LogP) is 0.164. The molecule has 0 bridgehead atoms. The molecule has 0 aromatic heterocycles. The monoisotopic (exact) mass is 357 g/mol. The van der Waals surface area contributed by atoms with Crippen molar-refractivity contribution < 1.29 is 32.2 Å². The van der Waals surface area contributed by atoms with Crippen molar-refractivity contribution >= 4 is 21.7 Å². The third-order valence-corrected chi connectivity index (χ3v) is 5.33. The lowest BCUT2D eigenvalue weighted by molar-refractivity contribution is -0.124. The average molecular weight is 357 g/mol. The minimum absolute atomic E-state index is 0.0563. The summed E-state index contributed by atoms with van der Waals surface area (Å²) in [6.07, 6.45) is 0.369. The van der Waals surface area contributed by atoms with Crippen LogP contribution in [0, 0.1) is 0 Å². The van der Waals surface area contributed by atoms with Crippen LogP contribution in [-0.2, 0) is 19.4 Å². The van der Waals surface area contributed by atoms with Crippen molar-refractivity contribution in [3.8, 4) is 11.5 Å². The molecule has 0 saturated carbocycles. The maximum absolute atomic E-state index is 12.0. The van der Waals surface area contributed by atoms with Crippen LogP contribution in [0.4, 0.5) is 0 Å². The summed E-state index contributed by atoms with van der Waals surface area (Å²) in [7, 11) is -0.194. The first-order valence-electron chi connectivity index (χ1n) is 7.23. The zero-order chi connectivity index (χ0) is 17.7. The molecule has 1 N–H and O–H groups in total. The minimum Gasteiger partial charge on any atom is -0.497 e. The molecule has 1 aliphatic rings. The molecule has 0 spiro atoms. The SMILES string of the molecule is COc1ccc(C(=O)OCC(=O)NC2CCS(=O)(=O)C2)c(OC)c1. The van der Waals surface area contributed by atoms with Gasteiger partial charge in [0.25, 0.3) is 5.91 Å². The Morgan fingerprint density at radius 3 is 2.58 bits per heavy atom. The highest BCUT2D eigenvalue weighted by Gasteiger charge is 2.29. The highest BCUT2D eigenvalue weighted by molar-refractivity contribution is 7.91. The Bertz CT molecular complexity index is 729. The van der Waals surface area contributed by atoms with Crippen molar-refractivity contribution in [3.05, 3.63) is 23.8 Å². The van der Waals surface area contributed by atoms with Crippen molar-refractivity contribution in [1.29, 1.82) is 0 Å². The maximum atomic E-state index is 12.0. The van der Waals surface area contributed by atoms with E-state index in [1.54, 1.807) is 6.07 Å². The van der Waals surface area contributed by atoms with Crippen LogP contribution in [0.5, 0.6) is 11.5 Å². The first kappa shape index (κ1) is 18.1. The van der Waals surface area contributed by atoms with E-state index in [-0.39, 0.29) is 22.8 Å². The normalized spacial score (nSPS) is 18.7. The zero-order valence-corrected chi connectivity index (χ0v) is 14.2. The first-order chi connectivity index (χ1) is 11.3. The molecule has 1 unspecified atom stereocenters. The molecule has 8 nitrogen and oxygen atoms in total. The summed E-state index contributed by atoms with van der Waals surface area (Å²) in [5.41, 5.74) is 0.162. The number of hydrogen-bond acceptors (Lipinski definition) is 7. The summed E-state index contributed by atoms with van der Waals surface area (Å²) in [4.78, 5) is 23.8. The van der Waals surface area contributed by atoms with Gasteiger partial charge < -0.3 is 19.5 Å². The molecule has 1 aromatic carbocycles. The fourth-order valence-electron chi connectivity index (χ4n) is 2.35. The second kappa shape index (κ2) is 7.52. The van der Waals surface area contributed by atoms with Crippen molar-refractivity contribution in [3.63, 3.8) is 0 Å². The second-order valence-corrected chi connectivity index (χ2v) is 7.54. The van der Waals surface area contributed by atoms with E-state index in [1.807, 2.05) is 0 Å². The van der Waals surface area contributed by atoms with Crippen molar-refractivity contribution in [2.45, 2.75) is 12.5 Å². The topological polar surface area (TPSA) is 108 Å². The van der Waals surface area contributed by atoms with E-state index in [9.17, 15) is 18.0 Å². The standard InChI is InChI=1S/C15H19NO7S/c1-21-11-3-4-12(13(7-11)22-2)15(18)23-8-14(17)16-10-5-6-24(19,20)9-10/h3-4,7,10H,5-6,8-9H2,1-2H3,(H,16,17). The number of amides is 1. The van der Waals surface area contributed by atoms with E-state index in [1.165, 1.54) is 26.4 Å². The first-order valence-corrected chi connectivity index (χ1v) is 9.05. The van der Waals surface area contributed by atoms with Crippen LogP contribution >= 0.6 is 0 Å². The zero-order valence-electron chi connectivity index (χ0n) is 13.4. The Hall–Kier alpha value is -2.29. The summed E-state index contributed by atoms with van der Waals surface area (Å²) in [6.45, 7) is -0.495. The van der Waals surface area contributed by atoms with Crippen LogP contribution in [0.25, 0.3) is 0 Å². The number of benzene rings is 1. The molecule has 2 rings (SSSR count). The average Bonchev–Trinajstić information content (AvgIpc) is 2.90. The molecule has 1 atom stereocenters. The van der Waals surface area contributed by atoms with Crippen molar-refractivity contribution in [1.82, 2.24) is 5.32 Å². The van der Waals surface area contributed by atoms with Crippen LogP contribution in [-0.4, -0.2) is 58.7 Å². The second-order valence-electron chi connectivity index (χ2n) is 5.31. The highest BCUT2D eigenvalue weighted by Crippen LogP contribution is 2.25. The van der Waals surface area contributed by atoms with Crippen molar-refractivity contribution in [2.75, 3.05) is 32.3 Å². The third-order valence-electron chi connectivity index (χ3n) is 3.56. The van der Waals surface area contributed by atoms with Gasteiger partial charge in [0.15, 0.2) is 16.4 Å². The number of carbonyl (C=O) groups excluding carboxylic acids is 2. The van der Waals surface area contributed by atoms with E-state index in [0.717, 1.165) is 0 Å². The molecule has 132 valence electrons. The maximum Gasteiger partial charge on any atom is 0.342 e. The molecule has 1 fully saturated rings. The Morgan fingerprint density at radius 1 is 1.25 bits per heavy atom. The van der Waals surface area contributed by atoms with Gasteiger partial charge in [-0.3, -0.25) is 4.79 Å². The van der Waals surface area contributed by atoms with E-state index >= 15 is 0 Å². The number of rotatable bonds is 6. The summed E-state index contributed by atoms with van der Waals surface area (Å²) in [6, 6.07) is 4.14. The Kier molecular flexibility index (Phi) is 5.66. The third kappa shape index (κ3) is 4.60. The van der Waals surface area contributed by atoms with Gasteiger partial charge in [0.05, 0.1) is 25.7 Å². The Balaban J connectivity index is 1.90. The van der Waals surface area contributed by atoms with Crippen LogP contribution < -0.4 is 14.8 Å². The largest absolute Gasteiger partial charge is 0.497 e. The fourth-order valence-corrected chi connectivity index (χ4v) is 4.03. The lowest BCUT2D eigenvalue weighted by atomic mass is 10.2. The number of esters is 1. The van der Waals surface area contributed by atoms with Gasteiger partial charge in [-0.15, -0.1) is 0 Å². The van der Waals surface area contributed by atoms with E-state index in [2.05, 4.69) is 5.32 Å². The van der Waals surface area contributed by atoms with Crippen molar-refractivity contribution in [2.24, 2.45) is 0 Å². The van der Waals surface area contributed by atoms with Gasteiger partial charge in [-0.25, -0.2) is 13.2 Å². The number of sulfone groups is 1. The van der Waals surface area contributed by atoms with Gasteiger partial charge in [-0.05, 0) is 18.6 Å². The lowest BCUT2D eigenvalue weighted by Crippen LogP contribution is -2.38. The smallest absolute Gasteiger partial charge is 0.342 e. The summed E-state index contributed by atoms with van der Waals surface area (Å²) < 4.78 is 37.8. The van der Waals surface area contributed by atoms with E-state index in [4.69, 9.17) is 14.2 Å². The van der Waals surface area contributed by atoms with Gasteiger partial charge in [0.2, 0.25) is 0 Å². The van der Waals surface area contributed by atoms with Gasteiger partial charge in [0.1, 0.15) is 17.1 Å². The number of hydrogen-bond donors (Lipinski definition) is 1. The molecule has 9 heteroatoms. The summed E-state index contributed by atoms with van der Waals surface area (Å²) >= 11 is 0. The summed E-state index contributed by atoms with van der Waals surface area (Å²) in [5, 5.41) is 2.54. The molecule has 1 aliphatic heterocycles. The molecular weight excluding hydrogens is 338 g/mol. The molecule has 0 radical (unpaired) electrons. The van der Waals surface area contributed by atoms with Crippen LogP contribution in [0.1, 0.15) is 16.8 Å². The Morgan fingerprint density at radius 2 is 2.00 bits per heavy atom. The quantitative estimate of drug-likeness (QED) is 0.723. The molecular formula is C15H19NO7S. The fraction of sp³-hybridized carbons (Fsp3) is 0.467. The molecule has 24 heavy (non-hydrogen) atoms. The van der Waals surface area contributed by atoms with E-state index < -0.39 is 34.4 Å². The summed E-state index contributed by atoms with van der Waals surface area (Å²) in [5.74, 6) is -0.508. The van der Waals surface area contributed by atoms with Gasteiger partial charge in [-0.1, -0.05) is 0 Å². The number of nitrogens with one attached hydrogen (secondary N) is 1. The lowest BCUT2D eigenvalue weighted by Gasteiger charge is -2.12. The van der Waals surface area contributed by atoms with Crippen LogP contribution in [0.15, 0.2) is 18.2 Å². The number of ether oxygens (including phenoxy) is 3. The van der Waals surface area contributed by atoms with Gasteiger partial charge in [0, 0.05) is 12.1 Å². The van der Waals surface area contributed by atoms with Gasteiger partial charge >= 0.3 is 5.97 Å². The van der Waals surface area contributed by atoms with Crippen LogP contribution in [0.3, 0.4) is 0 Å². The highest BCUT2D eigenvalue weighted by atomic mass is 32.2. The predicted molar refractivity (Wildman–Crippen MR) is 85.0 cm³/mol. The molecule has 1 amide bonds. The van der Waals surface area contributed by atoms with Crippen LogP contribution in [0.2, 0.25) is 0 Å². The van der Waals surface area contributed by atoms with E-state index in [0.29, 0.717) is 12.2 Å². The molecule has 1 saturated heterocycles. The molecule has 0 aliphatic carbocycles.